The van der Waals surface area contributed by atoms with E-state index in [-0.39, 0.29) is 5.91 Å². The van der Waals surface area contributed by atoms with Crippen molar-refractivity contribution in [2.24, 2.45) is 5.10 Å². The molecular formula is C23H33N7O3. The fraction of sp³-hybridized carbons (Fsp3) is 0.478. The van der Waals surface area contributed by atoms with Gasteiger partial charge >= 0.3 is 0 Å². The number of benzene rings is 1. The highest BCUT2D eigenvalue weighted by atomic mass is 16.5. The number of hydrogen-bond acceptors (Lipinski definition) is 9. The highest BCUT2D eigenvalue weighted by molar-refractivity contribution is 6.05. The predicted molar refractivity (Wildman–Crippen MR) is 131 cm³/mol. The van der Waals surface area contributed by atoms with E-state index >= 15 is 0 Å². The van der Waals surface area contributed by atoms with Crippen LogP contribution in [0.2, 0.25) is 0 Å². The van der Waals surface area contributed by atoms with Crippen LogP contribution in [-0.4, -0.2) is 94.3 Å². The van der Waals surface area contributed by atoms with Gasteiger partial charge in [0.2, 0.25) is 5.95 Å². The summed E-state index contributed by atoms with van der Waals surface area (Å²) in [6.45, 7) is 5.70. The maximum atomic E-state index is 13.2. The lowest BCUT2D eigenvalue weighted by molar-refractivity contribution is 0.102. The SMILES string of the molecule is COCCN(C)c1cc(C(=O)Nc2cccc(/C(C)=N/N(C)C)c2)nc(N2CCOCC2)n1. The first kappa shape index (κ1) is 24.4. The molecule has 0 unspecified atom stereocenters. The quantitative estimate of drug-likeness (QED) is 0.453. The summed E-state index contributed by atoms with van der Waals surface area (Å²) in [5.41, 5.74) is 2.76. The van der Waals surface area contributed by atoms with Crippen LogP contribution in [0.5, 0.6) is 0 Å². The summed E-state index contributed by atoms with van der Waals surface area (Å²) in [7, 11) is 7.32. The molecule has 0 saturated carbocycles. The van der Waals surface area contributed by atoms with Gasteiger partial charge in [-0.2, -0.15) is 10.1 Å². The Kier molecular flexibility index (Phi) is 8.56. The number of hydrogen-bond donors (Lipinski definition) is 1. The van der Waals surface area contributed by atoms with Crippen molar-refractivity contribution in [1.82, 2.24) is 15.0 Å². The molecule has 1 aliphatic heterocycles. The van der Waals surface area contributed by atoms with Gasteiger partial charge < -0.3 is 29.6 Å². The number of nitrogens with zero attached hydrogens (tertiary/aromatic N) is 6. The third-order valence-corrected chi connectivity index (χ3v) is 5.14. The van der Waals surface area contributed by atoms with Crippen molar-refractivity contribution in [3.8, 4) is 0 Å². The largest absolute Gasteiger partial charge is 0.383 e. The van der Waals surface area contributed by atoms with Crippen LogP contribution in [0.1, 0.15) is 23.0 Å². The van der Waals surface area contributed by atoms with E-state index in [1.165, 1.54) is 0 Å². The topological polar surface area (TPSA) is 95.4 Å². The summed E-state index contributed by atoms with van der Waals surface area (Å²) >= 11 is 0. The molecule has 1 aromatic carbocycles. The second-order valence-electron chi connectivity index (χ2n) is 7.99. The van der Waals surface area contributed by atoms with Crippen LogP contribution in [0, 0.1) is 0 Å². The molecule has 1 aromatic heterocycles. The zero-order valence-electron chi connectivity index (χ0n) is 20.0. The zero-order valence-corrected chi connectivity index (χ0v) is 20.0. The standard InChI is InChI=1S/C23H33N7O3/c1-17(27-28(2)3)18-7-6-8-19(15-18)24-22(31)20-16-21(29(4)9-12-32-5)26-23(25-20)30-10-13-33-14-11-30/h6-8,15-16H,9-14H2,1-5H3,(H,24,31)/b27-17+. The normalized spacial score (nSPS) is 14.2. The Balaban J connectivity index is 1.86. The number of carbonyl (C=O) groups excluding carboxylic acids is 1. The predicted octanol–water partition coefficient (Wildman–Crippen LogP) is 1.93. The maximum Gasteiger partial charge on any atom is 0.274 e. The van der Waals surface area contributed by atoms with Crippen molar-refractivity contribution in [2.45, 2.75) is 6.92 Å². The molecule has 178 valence electrons. The van der Waals surface area contributed by atoms with E-state index in [2.05, 4.69) is 15.4 Å². The molecule has 0 bridgehead atoms. The zero-order chi connectivity index (χ0) is 23.8. The van der Waals surface area contributed by atoms with Crippen LogP contribution < -0.4 is 15.1 Å². The van der Waals surface area contributed by atoms with Gasteiger partial charge in [-0.1, -0.05) is 12.1 Å². The summed E-state index contributed by atoms with van der Waals surface area (Å²) in [5, 5.41) is 9.14. The number of aromatic nitrogens is 2. The summed E-state index contributed by atoms with van der Waals surface area (Å²) in [5.74, 6) is 0.886. The Morgan fingerprint density at radius 2 is 1.97 bits per heavy atom. The van der Waals surface area contributed by atoms with Crippen molar-refractivity contribution in [3.63, 3.8) is 0 Å². The number of anilines is 3. The van der Waals surface area contributed by atoms with Crippen molar-refractivity contribution in [2.75, 3.05) is 82.8 Å². The van der Waals surface area contributed by atoms with Gasteiger partial charge in [-0.25, -0.2) is 4.98 Å². The molecule has 1 aliphatic rings. The fourth-order valence-corrected chi connectivity index (χ4v) is 3.36. The summed E-state index contributed by atoms with van der Waals surface area (Å²) in [6.07, 6.45) is 0. The molecule has 2 aromatic rings. The average Bonchev–Trinajstić information content (AvgIpc) is 2.82. The minimum absolute atomic E-state index is 0.298. The van der Waals surface area contributed by atoms with Crippen LogP contribution in [0.15, 0.2) is 35.4 Å². The number of hydrazone groups is 1. The maximum absolute atomic E-state index is 13.2. The van der Waals surface area contributed by atoms with Gasteiger partial charge in [0, 0.05) is 59.6 Å². The molecule has 0 aliphatic carbocycles. The molecule has 33 heavy (non-hydrogen) atoms. The van der Waals surface area contributed by atoms with Gasteiger partial charge in [-0.15, -0.1) is 0 Å². The summed E-state index contributed by atoms with van der Waals surface area (Å²) < 4.78 is 10.6. The Labute approximate surface area is 195 Å². The number of likely N-dealkylation sites (N-methyl/N-ethyl adjacent to an activating group) is 1. The fourth-order valence-electron chi connectivity index (χ4n) is 3.36. The molecular weight excluding hydrogens is 422 g/mol. The number of rotatable bonds is 9. The van der Waals surface area contributed by atoms with Crippen LogP contribution in [0.3, 0.4) is 0 Å². The smallest absolute Gasteiger partial charge is 0.274 e. The molecule has 0 radical (unpaired) electrons. The Bertz CT molecular complexity index is 974. The number of ether oxygens (including phenoxy) is 2. The van der Waals surface area contributed by atoms with Crippen LogP contribution >= 0.6 is 0 Å². The molecule has 0 atom stereocenters. The first-order valence-corrected chi connectivity index (χ1v) is 10.9. The minimum Gasteiger partial charge on any atom is -0.383 e. The molecule has 1 saturated heterocycles. The van der Waals surface area contributed by atoms with Gasteiger partial charge in [-0.3, -0.25) is 4.79 Å². The molecule has 10 nitrogen and oxygen atoms in total. The van der Waals surface area contributed by atoms with Crippen LogP contribution in [0.4, 0.5) is 17.5 Å². The molecule has 2 heterocycles. The van der Waals surface area contributed by atoms with Gasteiger partial charge in [0.05, 0.1) is 25.5 Å². The van der Waals surface area contributed by atoms with E-state index in [1.807, 2.05) is 62.1 Å². The number of morpholine rings is 1. The lowest BCUT2D eigenvalue weighted by atomic mass is 10.1. The van der Waals surface area contributed by atoms with Crippen molar-refractivity contribution < 1.29 is 14.3 Å². The van der Waals surface area contributed by atoms with E-state index in [9.17, 15) is 4.79 Å². The second kappa shape index (κ2) is 11.6. The minimum atomic E-state index is -0.298. The highest BCUT2D eigenvalue weighted by Gasteiger charge is 2.20. The second-order valence-corrected chi connectivity index (χ2v) is 7.99. The molecule has 1 N–H and O–H groups in total. The Hall–Kier alpha value is -3.24. The molecule has 10 heteroatoms. The number of nitrogens with one attached hydrogen (secondary N) is 1. The van der Waals surface area contributed by atoms with E-state index in [0.29, 0.717) is 62.6 Å². The van der Waals surface area contributed by atoms with E-state index in [4.69, 9.17) is 14.5 Å². The molecule has 0 spiro atoms. The van der Waals surface area contributed by atoms with E-state index in [0.717, 1.165) is 11.3 Å². The average molecular weight is 456 g/mol. The number of methoxy groups -OCH3 is 1. The Morgan fingerprint density at radius 1 is 1.21 bits per heavy atom. The number of amides is 1. The van der Waals surface area contributed by atoms with E-state index < -0.39 is 0 Å². The van der Waals surface area contributed by atoms with Crippen molar-refractivity contribution >= 4 is 29.1 Å². The van der Waals surface area contributed by atoms with Gasteiger partial charge in [0.15, 0.2) is 0 Å². The van der Waals surface area contributed by atoms with Gasteiger partial charge in [-0.05, 0) is 24.6 Å². The lowest BCUT2D eigenvalue weighted by Gasteiger charge is -2.28. The summed E-state index contributed by atoms with van der Waals surface area (Å²) in [4.78, 5) is 26.4. The first-order chi connectivity index (χ1) is 15.9. The third-order valence-electron chi connectivity index (χ3n) is 5.14. The number of carbonyl (C=O) groups is 1. The molecule has 3 rings (SSSR count). The monoisotopic (exact) mass is 455 g/mol. The Morgan fingerprint density at radius 3 is 2.67 bits per heavy atom. The summed E-state index contributed by atoms with van der Waals surface area (Å²) in [6, 6.07) is 9.30. The van der Waals surface area contributed by atoms with E-state index in [1.54, 1.807) is 18.2 Å². The van der Waals surface area contributed by atoms with Crippen molar-refractivity contribution in [3.05, 3.63) is 41.6 Å². The van der Waals surface area contributed by atoms with Gasteiger partial charge in [0.1, 0.15) is 11.5 Å². The third kappa shape index (κ3) is 6.87. The van der Waals surface area contributed by atoms with Crippen molar-refractivity contribution in [1.29, 1.82) is 0 Å². The lowest BCUT2D eigenvalue weighted by Crippen LogP contribution is -2.38. The van der Waals surface area contributed by atoms with Crippen LogP contribution in [-0.2, 0) is 9.47 Å². The first-order valence-electron chi connectivity index (χ1n) is 10.9. The molecule has 1 fully saturated rings. The molecule has 1 amide bonds. The van der Waals surface area contributed by atoms with Gasteiger partial charge in [0.25, 0.3) is 5.91 Å². The van der Waals surface area contributed by atoms with Crippen LogP contribution in [0.25, 0.3) is 0 Å². The highest BCUT2D eigenvalue weighted by Crippen LogP contribution is 2.20.